The summed E-state index contributed by atoms with van der Waals surface area (Å²) in [6, 6.07) is 0. The molecule has 2 atom stereocenters. The zero-order valence-electron chi connectivity index (χ0n) is 10.5. The zero-order chi connectivity index (χ0) is 13.1. The van der Waals surface area contributed by atoms with Crippen LogP contribution >= 0.6 is 11.8 Å². The lowest BCUT2D eigenvalue weighted by molar-refractivity contribution is -0.140. The van der Waals surface area contributed by atoms with Gasteiger partial charge in [-0.2, -0.15) is 0 Å². The first-order chi connectivity index (χ1) is 8.61. The van der Waals surface area contributed by atoms with Crippen LogP contribution in [0.25, 0.3) is 0 Å². The molecule has 0 bridgehead atoms. The van der Waals surface area contributed by atoms with E-state index in [4.69, 9.17) is 4.74 Å². The van der Waals surface area contributed by atoms with Crippen LogP contribution in [0.1, 0.15) is 33.1 Å². The van der Waals surface area contributed by atoms with Gasteiger partial charge in [0, 0.05) is 13.0 Å². The number of hydrogen-bond acceptors (Lipinski definition) is 5. The molecular formula is C11H17N3O3S. The van der Waals surface area contributed by atoms with E-state index < -0.39 is 0 Å². The molecule has 7 heteroatoms. The van der Waals surface area contributed by atoms with Gasteiger partial charge in [0.05, 0.1) is 0 Å². The maximum Gasteiger partial charge on any atom is 0.343 e. The van der Waals surface area contributed by atoms with Gasteiger partial charge in [0.1, 0.15) is 11.4 Å². The van der Waals surface area contributed by atoms with Crippen LogP contribution in [0.15, 0.2) is 9.95 Å². The maximum atomic E-state index is 11.6. The Morgan fingerprint density at radius 1 is 1.56 bits per heavy atom. The Morgan fingerprint density at radius 2 is 2.33 bits per heavy atom. The van der Waals surface area contributed by atoms with Gasteiger partial charge in [-0.1, -0.05) is 25.1 Å². The molecule has 2 rings (SSSR count). The molecule has 0 unspecified atom stereocenters. The molecule has 0 amide bonds. The van der Waals surface area contributed by atoms with Crippen LogP contribution in [0.3, 0.4) is 0 Å². The highest BCUT2D eigenvalue weighted by atomic mass is 32.2. The van der Waals surface area contributed by atoms with Crippen molar-refractivity contribution < 1.29 is 9.53 Å². The molecule has 1 fully saturated rings. The monoisotopic (exact) mass is 271 g/mol. The number of nitrogens with one attached hydrogen (secondary N) is 1. The zero-order valence-corrected chi connectivity index (χ0v) is 11.3. The minimum Gasteiger partial charge on any atom is -0.462 e. The minimum absolute atomic E-state index is 0.0512. The summed E-state index contributed by atoms with van der Waals surface area (Å²) in [6.45, 7) is 4.56. The van der Waals surface area contributed by atoms with E-state index in [9.17, 15) is 9.59 Å². The number of hydrogen-bond donors (Lipinski definition) is 1. The van der Waals surface area contributed by atoms with Crippen LogP contribution in [0, 0.1) is 0 Å². The van der Waals surface area contributed by atoms with Crippen molar-refractivity contribution in [2.75, 3.05) is 0 Å². The average Bonchev–Trinajstić information content (AvgIpc) is 2.81. The number of unbranched alkanes of at least 4 members (excludes halogenated alkanes) is 1. The van der Waals surface area contributed by atoms with Crippen LogP contribution in [0.2, 0.25) is 0 Å². The van der Waals surface area contributed by atoms with Crippen molar-refractivity contribution in [1.29, 1.82) is 0 Å². The summed E-state index contributed by atoms with van der Waals surface area (Å²) < 4.78 is 6.68. The molecule has 0 radical (unpaired) electrons. The number of thioether (sulfide) groups is 1. The van der Waals surface area contributed by atoms with E-state index in [0.717, 1.165) is 12.8 Å². The molecule has 0 saturated carbocycles. The lowest BCUT2D eigenvalue weighted by Gasteiger charge is -2.06. The summed E-state index contributed by atoms with van der Waals surface area (Å²) in [7, 11) is 0. The highest BCUT2D eigenvalue weighted by Crippen LogP contribution is 2.30. The third-order valence-electron chi connectivity index (χ3n) is 2.83. The fraction of sp³-hybridized carbons (Fsp3) is 0.727. The van der Waals surface area contributed by atoms with E-state index in [0.29, 0.717) is 18.1 Å². The highest BCUT2D eigenvalue weighted by Gasteiger charge is 2.34. The molecule has 1 aromatic rings. The number of cyclic esters (lactones) is 1. The number of carbonyl (C=O) groups excluding carboxylic acids is 1. The van der Waals surface area contributed by atoms with Crippen molar-refractivity contribution in [1.82, 2.24) is 14.8 Å². The van der Waals surface area contributed by atoms with Gasteiger partial charge < -0.3 is 4.74 Å². The van der Waals surface area contributed by atoms with E-state index in [1.807, 2.05) is 6.92 Å². The van der Waals surface area contributed by atoms with Crippen LogP contribution in [0.4, 0.5) is 0 Å². The van der Waals surface area contributed by atoms with E-state index in [-0.39, 0.29) is 23.0 Å². The summed E-state index contributed by atoms with van der Waals surface area (Å²) in [5, 5.41) is 6.72. The normalized spacial score (nSPS) is 23.3. The summed E-state index contributed by atoms with van der Waals surface area (Å²) in [5.41, 5.74) is -0.217. The van der Waals surface area contributed by atoms with Crippen molar-refractivity contribution in [3.8, 4) is 0 Å². The minimum atomic E-state index is -0.254. The summed E-state index contributed by atoms with van der Waals surface area (Å²) in [5.74, 6) is -0.218. The van der Waals surface area contributed by atoms with Crippen molar-refractivity contribution in [2.45, 2.75) is 56.2 Å². The second kappa shape index (κ2) is 5.60. The molecule has 1 aliphatic rings. The molecule has 1 saturated heterocycles. The molecule has 1 aromatic heterocycles. The van der Waals surface area contributed by atoms with Crippen molar-refractivity contribution in [3.05, 3.63) is 10.5 Å². The van der Waals surface area contributed by atoms with Crippen LogP contribution in [-0.4, -0.2) is 32.1 Å². The van der Waals surface area contributed by atoms with Gasteiger partial charge in [-0.15, -0.1) is 5.10 Å². The first kappa shape index (κ1) is 13.2. The summed E-state index contributed by atoms with van der Waals surface area (Å²) in [6.07, 6.45) is 2.53. The number of H-pyrrole nitrogens is 1. The fourth-order valence-corrected chi connectivity index (χ4v) is 3.02. The van der Waals surface area contributed by atoms with Crippen molar-refractivity contribution in [2.24, 2.45) is 0 Å². The Labute approximate surface area is 109 Å². The predicted molar refractivity (Wildman–Crippen MR) is 67.6 cm³/mol. The number of carbonyl (C=O) groups is 1. The molecular weight excluding hydrogens is 254 g/mol. The van der Waals surface area contributed by atoms with Crippen LogP contribution in [-0.2, 0) is 16.1 Å². The quantitative estimate of drug-likeness (QED) is 0.813. The molecule has 0 aromatic carbocycles. The Balaban J connectivity index is 2.09. The first-order valence-electron chi connectivity index (χ1n) is 6.14. The number of rotatable bonds is 5. The van der Waals surface area contributed by atoms with Gasteiger partial charge in [-0.25, -0.2) is 9.89 Å². The Morgan fingerprint density at radius 3 is 2.94 bits per heavy atom. The molecule has 2 heterocycles. The lowest BCUT2D eigenvalue weighted by Crippen LogP contribution is -2.19. The number of aromatic nitrogens is 3. The summed E-state index contributed by atoms with van der Waals surface area (Å²) >= 11 is 1.31. The van der Waals surface area contributed by atoms with E-state index in [1.165, 1.54) is 11.8 Å². The van der Waals surface area contributed by atoms with Gasteiger partial charge in [0.25, 0.3) is 0 Å². The molecule has 0 aliphatic carbocycles. The molecule has 0 spiro atoms. The Kier molecular flexibility index (Phi) is 4.11. The molecule has 100 valence electrons. The lowest BCUT2D eigenvalue weighted by atomic mass is 10.3. The highest BCUT2D eigenvalue weighted by molar-refractivity contribution is 8.00. The molecule has 1 aliphatic heterocycles. The van der Waals surface area contributed by atoms with E-state index >= 15 is 0 Å². The number of nitrogens with zero attached hydrogens (tertiary/aromatic N) is 2. The Bertz CT molecular complexity index is 482. The van der Waals surface area contributed by atoms with Crippen LogP contribution < -0.4 is 5.69 Å². The SMILES string of the molecule is CCCCn1c(S[C@@H]2C[C@H](C)OC2=O)n[nH]c1=O. The number of aromatic amines is 1. The number of esters is 1. The van der Waals surface area contributed by atoms with Gasteiger partial charge >= 0.3 is 11.7 Å². The topological polar surface area (TPSA) is 77.0 Å². The Hall–Kier alpha value is -1.24. The smallest absolute Gasteiger partial charge is 0.343 e. The van der Waals surface area contributed by atoms with Gasteiger partial charge in [-0.05, 0) is 13.3 Å². The molecule has 1 N–H and O–H groups in total. The standard InChI is InChI=1S/C11H17N3O3S/c1-3-4-5-14-10(16)12-13-11(14)18-8-6-7(2)17-9(8)15/h7-8H,3-6H2,1-2H3,(H,12,16)/t7-,8+/m0/s1. The molecule has 6 nitrogen and oxygen atoms in total. The average molecular weight is 271 g/mol. The van der Waals surface area contributed by atoms with Crippen molar-refractivity contribution >= 4 is 17.7 Å². The third-order valence-corrected chi connectivity index (χ3v) is 4.02. The second-order valence-corrected chi connectivity index (χ2v) is 5.58. The van der Waals surface area contributed by atoms with Gasteiger partial charge in [0.15, 0.2) is 5.16 Å². The third kappa shape index (κ3) is 2.77. The predicted octanol–water partition coefficient (Wildman–Crippen LogP) is 1.17. The summed E-state index contributed by atoms with van der Waals surface area (Å²) in [4.78, 5) is 23.1. The second-order valence-electron chi connectivity index (χ2n) is 4.41. The fourth-order valence-electron chi connectivity index (χ4n) is 1.85. The van der Waals surface area contributed by atoms with Crippen LogP contribution in [0.5, 0.6) is 0 Å². The van der Waals surface area contributed by atoms with Gasteiger partial charge in [0.2, 0.25) is 0 Å². The van der Waals surface area contributed by atoms with Crippen molar-refractivity contribution in [3.63, 3.8) is 0 Å². The molecule has 18 heavy (non-hydrogen) atoms. The van der Waals surface area contributed by atoms with E-state index in [1.54, 1.807) is 4.57 Å². The largest absolute Gasteiger partial charge is 0.462 e. The maximum absolute atomic E-state index is 11.6. The number of ether oxygens (including phenoxy) is 1. The first-order valence-corrected chi connectivity index (χ1v) is 7.02. The van der Waals surface area contributed by atoms with E-state index in [2.05, 4.69) is 17.1 Å². The van der Waals surface area contributed by atoms with Gasteiger partial charge in [-0.3, -0.25) is 9.36 Å².